The molecule has 1 aromatic carbocycles. The number of carbonyl (C=O) groups excluding carboxylic acids is 2. The first-order valence-corrected chi connectivity index (χ1v) is 10.1. The zero-order chi connectivity index (χ0) is 20.6. The molecule has 1 aromatic heterocycles. The van der Waals surface area contributed by atoms with Gasteiger partial charge < -0.3 is 9.80 Å². The number of rotatable bonds is 6. The van der Waals surface area contributed by atoms with Crippen molar-refractivity contribution in [2.45, 2.75) is 25.8 Å². The monoisotopic (exact) mass is 410 g/mol. The van der Waals surface area contributed by atoms with Crippen LogP contribution in [0.1, 0.15) is 35.2 Å². The SMILES string of the molecule is N#CCCN(Cc1cccnc1)C(=O)C1CCCN(C(=O)c2ccc(Cl)cc2)C1. The van der Waals surface area contributed by atoms with E-state index in [1.807, 2.05) is 12.1 Å². The molecule has 1 unspecified atom stereocenters. The highest BCUT2D eigenvalue weighted by atomic mass is 35.5. The van der Waals surface area contributed by atoms with Gasteiger partial charge in [-0.2, -0.15) is 5.26 Å². The van der Waals surface area contributed by atoms with Gasteiger partial charge in [-0.3, -0.25) is 14.6 Å². The Morgan fingerprint density at radius 1 is 1.28 bits per heavy atom. The second-order valence-electron chi connectivity index (χ2n) is 7.13. The molecule has 7 heteroatoms. The largest absolute Gasteiger partial charge is 0.338 e. The number of likely N-dealkylation sites (tertiary alicyclic amines) is 1. The van der Waals surface area contributed by atoms with E-state index < -0.39 is 0 Å². The van der Waals surface area contributed by atoms with Gasteiger partial charge in [0.05, 0.1) is 18.4 Å². The molecule has 0 bridgehead atoms. The van der Waals surface area contributed by atoms with Gasteiger partial charge in [-0.25, -0.2) is 0 Å². The lowest BCUT2D eigenvalue weighted by Gasteiger charge is -2.35. The third-order valence-corrected chi connectivity index (χ3v) is 5.30. The van der Waals surface area contributed by atoms with Gasteiger partial charge in [0, 0.05) is 49.2 Å². The Kier molecular flexibility index (Phi) is 7.20. The van der Waals surface area contributed by atoms with E-state index in [1.54, 1.807) is 46.5 Å². The van der Waals surface area contributed by atoms with E-state index in [1.165, 1.54) is 0 Å². The van der Waals surface area contributed by atoms with Gasteiger partial charge >= 0.3 is 0 Å². The van der Waals surface area contributed by atoms with Crippen LogP contribution in [0.25, 0.3) is 0 Å². The van der Waals surface area contributed by atoms with E-state index in [9.17, 15) is 9.59 Å². The summed E-state index contributed by atoms with van der Waals surface area (Å²) >= 11 is 5.91. The fourth-order valence-electron chi connectivity index (χ4n) is 3.56. The number of amides is 2. The molecule has 1 atom stereocenters. The number of carbonyl (C=O) groups is 2. The summed E-state index contributed by atoms with van der Waals surface area (Å²) in [6.07, 6.45) is 5.19. The molecule has 0 aliphatic carbocycles. The van der Waals surface area contributed by atoms with Crippen molar-refractivity contribution in [1.29, 1.82) is 5.26 Å². The van der Waals surface area contributed by atoms with Crippen LogP contribution in [0.4, 0.5) is 0 Å². The second-order valence-corrected chi connectivity index (χ2v) is 7.56. The fraction of sp³-hybridized carbons (Fsp3) is 0.364. The van der Waals surface area contributed by atoms with Gasteiger partial charge in [0.25, 0.3) is 5.91 Å². The fourth-order valence-corrected chi connectivity index (χ4v) is 3.69. The predicted octanol–water partition coefficient (Wildman–Crippen LogP) is 3.53. The van der Waals surface area contributed by atoms with Crippen LogP contribution in [0.2, 0.25) is 5.02 Å². The standard InChI is InChI=1S/C22H23ClN4O2/c23-20-8-6-18(7-9-20)21(28)27-12-2-5-19(16-27)22(29)26(13-3-10-24)15-17-4-1-11-25-14-17/h1,4,6-9,11,14,19H,2-3,5,12-13,15-16H2. The van der Waals surface area contributed by atoms with Crippen molar-refractivity contribution in [2.75, 3.05) is 19.6 Å². The van der Waals surface area contributed by atoms with Gasteiger partial charge in [-0.1, -0.05) is 17.7 Å². The summed E-state index contributed by atoms with van der Waals surface area (Å²) < 4.78 is 0. The van der Waals surface area contributed by atoms with E-state index in [4.69, 9.17) is 16.9 Å². The Balaban J connectivity index is 1.69. The van der Waals surface area contributed by atoms with Crippen molar-refractivity contribution in [1.82, 2.24) is 14.8 Å². The maximum Gasteiger partial charge on any atom is 0.253 e. The Morgan fingerprint density at radius 3 is 2.76 bits per heavy atom. The number of hydrogen-bond acceptors (Lipinski definition) is 4. The number of benzene rings is 1. The molecule has 0 radical (unpaired) electrons. The summed E-state index contributed by atoms with van der Waals surface area (Å²) in [5.41, 5.74) is 1.49. The lowest BCUT2D eigenvalue weighted by Crippen LogP contribution is -2.46. The number of hydrogen-bond donors (Lipinski definition) is 0. The van der Waals surface area contributed by atoms with E-state index in [0.717, 1.165) is 18.4 Å². The van der Waals surface area contributed by atoms with E-state index in [2.05, 4.69) is 11.1 Å². The van der Waals surface area contributed by atoms with Crippen molar-refractivity contribution in [3.8, 4) is 6.07 Å². The second kappa shape index (κ2) is 10.0. The first-order valence-electron chi connectivity index (χ1n) is 9.68. The summed E-state index contributed by atoms with van der Waals surface area (Å²) in [6, 6.07) is 12.7. The molecule has 29 heavy (non-hydrogen) atoms. The number of piperidine rings is 1. The lowest BCUT2D eigenvalue weighted by atomic mass is 9.95. The van der Waals surface area contributed by atoms with Crippen LogP contribution in [-0.2, 0) is 11.3 Å². The molecule has 1 fully saturated rings. The Hall–Kier alpha value is -2.91. The molecular formula is C22H23ClN4O2. The zero-order valence-corrected chi connectivity index (χ0v) is 16.9. The summed E-state index contributed by atoms with van der Waals surface area (Å²) in [7, 11) is 0. The van der Waals surface area contributed by atoms with E-state index in [-0.39, 0.29) is 24.2 Å². The van der Waals surface area contributed by atoms with E-state index >= 15 is 0 Å². The quantitative estimate of drug-likeness (QED) is 0.729. The maximum atomic E-state index is 13.2. The zero-order valence-electron chi connectivity index (χ0n) is 16.1. The summed E-state index contributed by atoms with van der Waals surface area (Å²) in [5, 5.41) is 9.55. The van der Waals surface area contributed by atoms with E-state index in [0.29, 0.717) is 36.8 Å². The van der Waals surface area contributed by atoms with Crippen molar-refractivity contribution in [3.63, 3.8) is 0 Å². The molecule has 0 N–H and O–H groups in total. The normalized spacial score (nSPS) is 16.1. The third kappa shape index (κ3) is 5.55. The Labute approximate surface area is 175 Å². The van der Waals surface area contributed by atoms with Crippen LogP contribution in [0.3, 0.4) is 0 Å². The molecule has 0 saturated carbocycles. The van der Waals surface area contributed by atoms with Crippen LogP contribution in [0.5, 0.6) is 0 Å². The van der Waals surface area contributed by atoms with Gasteiger partial charge in [0.15, 0.2) is 0 Å². The smallest absolute Gasteiger partial charge is 0.253 e. The Morgan fingerprint density at radius 2 is 2.07 bits per heavy atom. The minimum Gasteiger partial charge on any atom is -0.338 e. The average molecular weight is 411 g/mol. The molecule has 1 saturated heterocycles. The number of aromatic nitrogens is 1. The van der Waals surface area contributed by atoms with Crippen molar-refractivity contribution in [2.24, 2.45) is 5.92 Å². The molecule has 3 rings (SSSR count). The highest BCUT2D eigenvalue weighted by Gasteiger charge is 2.31. The molecule has 2 aromatic rings. The molecule has 2 heterocycles. The first kappa shape index (κ1) is 20.8. The Bertz CT molecular complexity index is 880. The molecule has 2 amide bonds. The van der Waals surface area contributed by atoms with Crippen LogP contribution in [-0.4, -0.2) is 46.2 Å². The molecule has 150 valence electrons. The maximum absolute atomic E-state index is 13.2. The molecule has 0 spiro atoms. The highest BCUT2D eigenvalue weighted by molar-refractivity contribution is 6.30. The number of nitrogens with zero attached hydrogens (tertiary/aromatic N) is 4. The summed E-state index contributed by atoms with van der Waals surface area (Å²) in [6.45, 7) is 1.80. The first-order chi connectivity index (χ1) is 14.1. The molecule has 6 nitrogen and oxygen atoms in total. The van der Waals surface area contributed by atoms with Gasteiger partial charge in [-0.15, -0.1) is 0 Å². The van der Waals surface area contributed by atoms with Gasteiger partial charge in [0.2, 0.25) is 5.91 Å². The van der Waals surface area contributed by atoms with Crippen LogP contribution < -0.4 is 0 Å². The van der Waals surface area contributed by atoms with Crippen molar-refractivity contribution < 1.29 is 9.59 Å². The summed E-state index contributed by atoms with van der Waals surface area (Å²) in [5.74, 6) is -0.372. The minimum atomic E-state index is -0.268. The topological polar surface area (TPSA) is 77.3 Å². The minimum absolute atomic E-state index is 0.0160. The van der Waals surface area contributed by atoms with Crippen molar-refractivity contribution >= 4 is 23.4 Å². The third-order valence-electron chi connectivity index (χ3n) is 5.05. The number of pyridine rings is 1. The molecule has 1 aliphatic rings. The van der Waals surface area contributed by atoms with Gasteiger partial charge in [-0.05, 0) is 48.7 Å². The van der Waals surface area contributed by atoms with Gasteiger partial charge in [0.1, 0.15) is 0 Å². The highest BCUT2D eigenvalue weighted by Crippen LogP contribution is 2.22. The number of halogens is 1. The van der Waals surface area contributed by atoms with Crippen LogP contribution in [0.15, 0.2) is 48.8 Å². The molecular weight excluding hydrogens is 388 g/mol. The van der Waals surface area contributed by atoms with Crippen molar-refractivity contribution in [3.05, 3.63) is 64.9 Å². The summed E-state index contributed by atoms with van der Waals surface area (Å²) in [4.78, 5) is 33.6. The predicted molar refractivity (Wildman–Crippen MR) is 110 cm³/mol. The van der Waals surface area contributed by atoms with Crippen LogP contribution >= 0.6 is 11.6 Å². The average Bonchev–Trinajstić information content (AvgIpc) is 2.77. The molecule has 1 aliphatic heterocycles. The lowest BCUT2D eigenvalue weighted by molar-refractivity contribution is -0.137. The van der Waals surface area contributed by atoms with Crippen LogP contribution in [0, 0.1) is 17.2 Å². The number of nitriles is 1.